The lowest BCUT2D eigenvalue weighted by atomic mass is 10.1. The van der Waals surface area contributed by atoms with Gasteiger partial charge < -0.3 is 25.0 Å². The van der Waals surface area contributed by atoms with Crippen LogP contribution in [0.2, 0.25) is 0 Å². The quantitative estimate of drug-likeness (QED) is 0.434. The predicted octanol–water partition coefficient (Wildman–Crippen LogP) is 4.03. The molecule has 0 aliphatic carbocycles. The van der Waals surface area contributed by atoms with Gasteiger partial charge in [-0.15, -0.1) is 0 Å². The third kappa shape index (κ3) is 7.66. The van der Waals surface area contributed by atoms with Gasteiger partial charge in [0.1, 0.15) is 12.4 Å². The van der Waals surface area contributed by atoms with Crippen molar-refractivity contribution in [3.63, 3.8) is 0 Å². The molecule has 7 nitrogen and oxygen atoms in total. The summed E-state index contributed by atoms with van der Waals surface area (Å²) >= 11 is 0. The smallest absolute Gasteiger partial charge is 0.253 e. The number of benzene rings is 3. The summed E-state index contributed by atoms with van der Waals surface area (Å²) in [6, 6.07) is 24.2. The summed E-state index contributed by atoms with van der Waals surface area (Å²) in [4.78, 5) is 26.9. The molecule has 7 heteroatoms. The van der Waals surface area contributed by atoms with Gasteiger partial charge in [-0.1, -0.05) is 42.5 Å². The molecule has 0 saturated carbocycles. The van der Waals surface area contributed by atoms with E-state index in [1.807, 2.05) is 48.5 Å². The van der Waals surface area contributed by atoms with Gasteiger partial charge in [-0.2, -0.15) is 0 Å². The molecule has 0 aromatic heterocycles. The number of methoxy groups -OCH3 is 1. The lowest BCUT2D eigenvalue weighted by Gasteiger charge is -2.18. The Morgan fingerprint density at radius 3 is 2.42 bits per heavy atom. The number of carbonyl (C=O) groups excluding carboxylic acids is 2. The molecule has 33 heavy (non-hydrogen) atoms. The van der Waals surface area contributed by atoms with Crippen molar-refractivity contribution >= 4 is 23.2 Å². The summed E-state index contributed by atoms with van der Waals surface area (Å²) in [6.07, 6.45) is 0. The zero-order chi connectivity index (χ0) is 23.5. The van der Waals surface area contributed by atoms with Crippen molar-refractivity contribution in [1.29, 1.82) is 0 Å². The van der Waals surface area contributed by atoms with Crippen molar-refractivity contribution in [2.75, 3.05) is 44.5 Å². The van der Waals surface area contributed by atoms with E-state index >= 15 is 0 Å². The molecule has 3 aromatic rings. The molecule has 0 bridgehead atoms. The van der Waals surface area contributed by atoms with Gasteiger partial charge in [-0.25, -0.2) is 0 Å². The van der Waals surface area contributed by atoms with E-state index in [0.717, 1.165) is 5.56 Å². The average Bonchev–Trinajstić information content (AvgIpc) is 2.83. The third-order valence-corrected chi connectivity index (χ3v) is 4.85. The Morgan fingerprint density at radius 1 is 0.879 bits per heavy atom. The van der Waals surface area contributed by atoms with Crippen molar-refractivity contribution in [2.24, 2.45) is 0 Å². The van der Waals surface area contributed by atoms with Crippen molar-refractivity contribution in [3.05, 3.63) is 90.0 Å². The number of nitrogens with zero attached hydrogens (tertiary/aromatic N) is 1. The normalized spacial score (nSPS) is 10.4. The number of nitrogens with one attached hydrogen (secondary N) is 2. The van der Waals surface area contributed by atoms with Gasteiger partial charge >= 0.3 is 0 Å². The Bertz CT molecular complexity index is 1060. The summed E-state index contributed by atoms with van der Waals surface area (Å²) in [5, 5.41) is 5.91. The molecule has 2 N–H and O–H groups in total. The maximum Gasteiger partial charge on any atom is 0.253 e. The van der Waals surface area contributed by atoms with E-state index < -0.39 is 0 Å². The van der Waals surface area contributed by atoms with E-state index in [-0.39, 0.29) is 18.4 Å². The molecule has 3 aromatic carbocycles. The van der Waals surface area contributed by atoms with Crippen molar-refractivity contribution in [1.82, 2.24) is 4.90 Å². The van der Waals surface area contributed by atoms with Gasteiger partial charge in [0, 0.05) is 43.7 Å². The molecule has 3 rings (SSSR count). The van der Waals surface area contributed by atoms with Gasteiger partial charge in [0.15, 0.2) is 0 Å². The number of carbonyl (C=O) groups is 2. The predicted molar refractivity (Wildman–Crippen MR) is 130 cm³/mol. The number of hydrogen-bond acceptors (Lipinski definition) is 5. The summed E-state index contributed by atoms with van der Waals surface area (Å²) in [5.41, 5.74) is 2.95. The van der Waals surface area contributed by atoms with E-state index in [4.69, 9.17) is 9.47 Å². The molecular formula is C26H29N3O4. The SMILES string of the molecule is COCCOc1cccc(NC(=O)CNc2cccc(C(=O)N(C)Cc3ccccc3)c2)c1. The minimum atomic E-state index is -0.207. The summed E-state index contributed by atoms with van der Waals surface area (Å²) < 4.78 is 10.5. The van der Waals surface area contributed by atoms with Gasteiger partial charge in [-0.3, -0.25) is 9.59 Å². The number of ether oxygens (including phenoxy) is 2. The molecule has 0 heterocycles. The molecule has 0 saturated heterocycles. The molecule has 2 amide bonds. The number of amides is 2. The first kappa shape index (κ1) is 23.8. The number of rotatable bonds is 11. The van der Waals surface area contributed by atoms with Gasteiger partial charge in [0.25, 0.3) is 5.91 Å². The lowest BCUT2D eigenvalue weighted by molar-refractivity contribution is -0.114. The number of hydrogen-bond donors (Lipinski definition) is 2. The zero-order valence-corrected chi connectivity index (χ0v) is 18.9. The molecular weight excluding hydrogens is 418 g/mol. The van der Waals surface area contributed by atoms with Crippen LogP contribution in [0.15, 0.2) is 78.9 Å². The van der Waals surface area contributed by atoms with E-state index in [1.165, 1.54) is 0 Å². The second-order valence-electron chi connectivity index (χ2n) is 7.50. The highest BCUT2D eigenvalue weighted by atomic mass is 16.5. The van der Waals surface area contributed by atoms with E-state index in [9.17, 15) is 9.59 Å². The van der Waals surface area contributed by atoms with Crippen molar-refractivity contribution in [2.45, 2.75) is 6.54 Å². The van der Waals surface area contributed by atoms with Crippen LogP contribution < -0.4 is 15.4 Å². The van der Waals surface area contributed by atoms with Crippen LogP contribution in [-0.4, -0.2) is 50.6 Å². The van der Waals surface area contributed by atoms with E-state index in [2.05, 4.69) is 10.6 Å². The van der Waals surface area contributed by atoms with E-state index in [0.29, 0.717) is 42.4 Å². The van der Waals surface area contributed by atoms with Crippen LogP contribution in [0.5, 0.6) is 5.75 Å². The monoisotopic (exact) mass is 447 g/mol. The molecule has 0 spiro atoms. The fraction of sp³-hybridized carbons (Fsp3) is 0.231. The van der Waals surface area contributed by atoms with Crippen molar-refractivity contribution in [3.8, 4) is 5.75 Å². The minimum absolute atomic E-state index is 0.0618. The highest BCUT2D eigenvalue weighted by Crippen LogP contribution is 2.18. The Morgan fingerprint density at radius 2 is 1.64 bits per heavy atom. The molecule has 0 fully saturated rings. The minimum Gasteiger partial charge on any atom is -0.491 e. The molecule has 0 aliphatic rings. The van der Waals surface area contributed by atoms with Crippen LogP contribution in [-0.2, 0) is 16.1 Å². The summed E-state index contributed by atoms with van der Waals surface area (Å²) in [7, 11) is 3.39. The Kier molecular flexibility index (Phi) is 8.85. The molecule has 172 valence electrons. The largest absolute Gasteiger partial charge is 0.491 e. The summed E-state index contributed by atoms with van der Waals surface area (Å²) in [5.74, 6) is 0.364. The van der Waals surface area contributed by atoms with Crippen molar-refractivity contribution < 1.29 is 19.1 Å². The molecule has 0 radical (unpaired) electrons. The van der Waals surface area contributed by atoms with Crippen LogP contribution in [0.4, 0.5) is 11.4 Å². The number of anilines is 2. The van der Waals surface area contributed by atoms with Crippen LogP contribution in [0, 0.1) is 0 Å². The van der Waals surface area contributed by atoms with Crippen LogP contribution in [0.3, 0.4) is 0 Å². The van der Waals surface area contributed by atoms with Gasteiger partial charge in [-0.05, 0) is 35.9 Å². The topological polar surface area (TPSA) is 79.9 Å². The first-order chi connectivity index (χ1) is 16.0. The van der Waals surface area contributed by atoms with Crippen LogP contribution >= 0.6 is 0 Å². The van der Waals surface area contributed by atoms with Gasteiger partial charge in [0.05, 0.1) is 13.2 Å². The average molecular weight is 448 g/mol. The molecule has 0 atom stereocenters. The van der Waals surface area contributed by atoms with Gasteiger partial charge in [0.2, 0.25) is 5.91 Å². The Hall–Kier alpha value is -3.84. The van der Waals surface area contributed by atoms with E-state index in [1.54, 1.807) is 49.4 Å². The lowest BCUT2D eigenvalue weighted by Crippen LogP contribution is -2.26. The first-order valence-corrected chi connectivity index (χ1v) is 10.7. The molecule has 0 unspecified atom stereocenters. The highest BCUT2D eigenvalue weighted by molar-refractivity contribution is 5.96. The Balaban J connectivity index is 1.52. The van der Waals surface area contributed by atoms with Crippen LogP contribution in [0.1, 0.15) is 15.9 Å². The second kappa shape index (κ2) is 12.3. The van der Waals surface area contributed by atoms with Crippen LogP contribution in [0.25, 0.3) is 0 Å². The Labute approximate surface area is 194 Å². The maximum absolute atomic E-state index is 12.8. The second-order valence-corrected chi connectivity index (χ2v) is 7.50. The summed E-state index contributed by atoms with van der Waals surface area (Å²) in [6.45, 7) is 1.51. The maximum atomic E-state index is 12.8. The standard InChI is InChI=1S/C26H29N3O4/c1-29(19-20-8-4-3-5-9-20)26(31)21-10-6-11-22(16-21)27-18-25(30)28-23-12-7-13-24(17-23)33-15-14-32-2/h3-13,16-17,27H,14-15,18-19H2,1-2H3,(H,28,30). The first-order valence-electron chi connectivity index (χ1n) is 10.7. The third-order valence-electron chi connectivity index (χ3n) is 4.85. The fourth-order valence-electron chi connectivity index (χ4n) is 3.21. The molecule has 0 aliphatic heterocycles. The zero-order valence-electron chi connectivity index (χ0n) is 18.9. The highest BCUT2D eigenvalue weighted by Gasteiger charge is 2.13. The fourth-order valence-corrected chi connectivity index (χ4v) is 3.21.